The fourth-order valence-corrected chi connectivity index (χ4v) is 2.82. The standard InChI is InChI=1S/C17H17BrFN5O/c1-10(2)15(16-23-22-14-5-3-4-8-24(14)16)21-17(25)20-13-7-6-11(18)9-12(13)19/h3-10,15H,1-2H3,(H2,20,21,25)/t15-/m0/s1. The Morgan fingerprint density at radius 1 is 1.24 bits per heavy atom. The molecule has 0 saturated heterocycles. The average Bonchev–Trinajstić information content (AvgIpc) is 2.99. The maximum atomic E-state index is 13.9. The third kappa shape index (κ3) is 3.79. The number of fused-ring (bicyclic) bond motifs is 1. The molecule has 2 aromatic heterocycles. The normalized spacial score (nSPS) is 12.4. The van der Waals surface area contributed by atoms with Crippen LogP contribution in [-0.2, 0) is 0 Å². The molecular weight excluding hydrogens is 389 g/mol. The zero-order chi connectivity index (χ0) is 18.0. The topological polar surface area (TPSA) is 71.3 Å². The molecule has 2 heterocycles. The van der Waals surface area contributed by atoms with Gasteiger partial charge in [-0.25, -0.2) is 9.18 Å². The third-order valence-electron chi connectivity index (χ3n) is 3.75. The number of carbonyl (C=O) groups is 1. The summed E-state index contributed by atoms with van der Waals surface area (Å²) in [6.07, 6.45) is 1.84. The van der Waals surface area contributed by atoms with E-state index < -0.39 is 11.8 Å². The highest BCUT2D eigenvalue weighted by Crippen LogP contribution is 2.22. The van der Waals surface area contributed by atoms with Crippen LogP contribution in [0.1, 0.15) is 25.7 Å². The fraction of sp³-hybridized carbons (Fsp3) is 0.235. The molecule has 3 aromatic rings. The van der Waals surface area contributed by atoms with E-state index in [2.05, 4.69) is 36.8 Å². The number of rotatable bonds is 4. The van der Waals surface area contributed by atoms with Gasteiger partial charge < -0.3 is 10.6 Å². The number of carbonyl (C=O) groups excluding carboxylic acids is 1. The molecule has 0 saturated carbocycles. The Hall–Kier alpha value is -2.48. The minimum atomic E-state index is -0.515. The highest BCUT2D eigenvalue weighted by Gasteiger charge is 2.24. The summed E-state index contributed by atoms with van der Waals surface area (Å²) < 4.78 is 16.3. The Balaban J connectivity index is 1.81. The monoisotopic (exact) mass is 405 g/mol. The lowest BCUT2D eigenvalue weighted by Gasteiger charge is -2.21. The molecule has 0 spiro atoms. The van der Waals surface area contributed by atoms with Gasteiger partial charge in [-0.1, -0.05) is 35.8 Å². The summed E-state index contributed by atoms with van der Waals surface area (Å²) in [5, 5.41) is 13.7. The SMILES string of the molecule is CC(C)[C@H](NC(=O)Nc1ccc(Br)cc1F)c1nnc2ccccn12. The van der Waals surface area contributed by atoms with Gasteiger partial charge in [0.1, 0.15) is 5.82 Å². The third-order valence-corrected chi connectivity index (χ3v) is 4.24. The number of aromatic nitrogens is 3. The molecule has 2 amide bonds. The first-order valence-electron chi connectivity index (χ1n) is 7.78. The van der Waals surface area contributed by atoms with E-state index in [9.17, 15) is 9.18 Å². The van der Waals surface area contributed by atoms with Crippen molar-refractivity contribution in [3.05, 3.63) is 58.7 Å². The number of nitrogens with zero attached hydrogens (tertiary/aromatic N) is 3. The van der Waals surface area contributed by atoms with Gasteiger partial charge in [-0.15, -0.1) is 10.2 Å². The molecule has 3 rings (SSSR count). The number of pyridine rings is 1. The first-order chi connectivity index (χ1) is 12.0. The summed E-state index contributed by atoms with van der Waals surface area (Å²) in [7, 11) is 0. The van der Waals surface area contributed by atoms with Crippen molar-refractivity contribution in [1.29, 1.82) is 0 Å². The number of urea groups is 1. The highest BCUT2D eigenvalue weighted by atomic mass is 79.9. The van der Waals surface area contributed by atoms with Crippen LogP contribution in [0.15, 0.2) is 47.1 Å². The molecule has 130 valence electrons. The summed E-state index contributed by atoms with van der Waals surface area (Å²) in [5.74, 6) is 0.170. The minimum absolute atomic E-state index is 0.0631. The van der Waals surface area contributed by atoms with E-state index >= 15 is 0 Å². The summed E-state index contributed by atoms with van der Waals surface area (Å²) in [4.78, 5) is 12.3. The van der Waals surface area contributed by atoms with Crippen LogP contribution in [0.2, 0.25) is 0 Å². The van der Waals surface area contributed by atoms with E-state index in [1.165, 1.54) is 12.1 Å². The van der Waals surface area contributed by atoms with Crippen molar-refractivity contribution in [2.75, 3.05) is 5.32 Å². The van der Waals surface area contributed by atoms with Crippen LogP contribution in [0.5, 0.6) is 0 Å². The molecule has 2 N–H and O–H groups in total. The lowest BCUT2D eigenvalue weighted by Crippen LogP contribution is -2.36. The maximum Gasteiger partial charge on any atom is 0.319 e. The lowest BCUT2D eigenvalue weighted by atomic mass is 10.0. The molecule has 25 heavy (non-hydrogen) atoms. The number of amides is 2. The van der Waals surface area contributed by atoms with E-state index in [-0.39, 0.29) is 17.6 Å². The first-order valence-corrected chi connectivity index (χ1v) is 8.57. The number of anilines is 1. The Morgan fingerprint density at radius 2 is 2.04 bits per heavy atom. The molecule has 1 atom stereocenters. The number of hydrogen-bond donors (Lipinski definition) is 2. The molecule has 0 fully saturated rings. The number of nitrogens with one attached hydrogen (secondary N) is 2. The van der Waals surface area contributed by atoms with Gasteiger partial charge in [-0.3, -0.25) is 4.40 Å². The summed E-state index contributed by atoms with van der Waals surface area (Å²) in [6.45, 7) is 3.93. The number of halogens is 2. The van der Waals surface area contributed by atoms with Crippen molar-refractivity contribution in [2.45, 2.75) is 19.9 Å². The molecule has 1 aromatic carbocycles. The second kappa shape index (κ2) is 7.18. The van der Waals surface area contributed by atoms with Crippen LogP contribution >= 0.6 is 15.9 Å². The Bertz CT molecular complexity index is 911. The molecular formula is C17H17BrFN5O. The molecule has 0 aliphatic heterocycles. The molecule has 0 unspecified atom stereocenters. The zero-order valence-electron chi connectivity index (χ0n) is 13.7. The molecule has 6 nitrogen and oxygen atoms in total. The smallest absolute Gasteiger partial charge is 0.319 e. The van der Waals surface area contributed by atoms with Gasteiger partial charge in [0.2, 0.25) is 0 Å². The number of hydrogen-bond acceptors (Lipinski definition) is 3. The van der Waals surface area contributed by atoms with Crippen molar-refractivity contribution >= 4 is 33.3 Å². The van der Waals surface area contributed by atoms with Gasteiger partial charge in [0.05, 0.1) is 11.7 Å². The van der Waals surface area contributed by atoms with Crippen LogP contribution < -0.4 is 10.6 Å². The second-order valence-corrected chi connectivity index (χ2v) is 6.85. The van der Waals surface area contributed by atoms with Crippen LogP contribution in [0.3, 0.4) is 0 Å². The Morgan fingerprint density at radius 3 is 2.76 bits per heavy atom. The first kappa shape index (κ1) is 17.3. The molecule has 0 bridgehead atoms. The summed E-state index contributed by atoms with van der Waals surface area (Å²) in [5.41, 5.74) is 0.804. The highest BCUT2D eigenvalue weighted by molar-refractivity contribution is 9.10. The predicted molar refractivity (Wildman–Crippen MR) is 96.8 cm³/mol. The van der Waals surface area contributed by atoms with Crippen LogP contribution in [0.25, 0.3) is 5.65 Å². The van der Waals surface area contributed by atoms with Gasteiger partial charge in [0.15, 0.2) is 11.5 Å². The molecule has 0 aliphatic carbocycles. The minimum Gasteiger partial charge on any atom is -0.328 e. The van der Waals surface area contributed by atoms with Gasteiger partial charge >= 0.3 is 6.03 Å². The van der Waals surface area contributed by atoms with Crippen molar-refractivity contribution in [1.82, 2.24) is 19.9 Å². The Kier molecular flexibility index (Phi) is 4.98. The fourth-order valence-electron chi connectivity index (χ4n) is 2.49. The average molecular weight is 406 g/mol. The quantitative estimate of drug-likeness (QED) is 0.684. The predicted octanol–water partition coefficient (Wildman–Crippen LogP) is 4.15. The van der Waals surface area contributed by atoms with Crippen molar-refractivity contribution in [3.63, 3.8) is 0 Å². The van der Waals surface area contributed by atoms with Crippen molar-refractivity contribution in [3.8, 4) is 0 Å². The largest absolute Gasteiger partial charge is 0.328 e. The molecule has 0 radical (unpaired) electrons. The van der Waals surface area contributed by atoms with E-state index in [4.69, 9.17) is 0 Å². The Labute approximate surface area is 152 Å². The van der Waals surface area contributed by atoms with Gasteiger partial charge in [0, 0.05) is 10.7 Å². The van der Waals surface area contributed by atoms with Crippen molar-refractivity contribution in [2.24, 2.45) is 5.92 Å². The van der Waals surface area contributed by atoms with E-state index in [0.29, 0.717) is 15.9 Å². The van der Waals surface area contributed by atoms with Crippen LogP contribution in [0, 0.1) is 11.7 Å². The summed E-state index contributed by atoms with van der Waals surface area (Å²) in [6, 6.07) is 9.14. The van der Waals surface area contributed by atoms with E-state index in [1.807, 2.05) is 42.6 Å². The van der Waals surface area contributed by atoms with Gasteiger partial charge in [0.25, 0.3) is 0 Å². The molecule has 0 aliphatic rings. The van der Waals surface area contributed by atoms with E-state index in [1.54, 1.807) is 6.07 Å². The van der Waals surface area contributed by atoms with Gasteiger partial charge in [-0.2, -0.15) is 0 Å². The van der Waals surface area contributed by atoms with Gasteiger partial charge in [-0.05, 0) is 36.2 Å². The second-order valence-electron chi connectivity index (χ2n) is 5.93. The maximum absolute atomic E-state index is 13.9. The molecule has 8 heteroatoms. The van der Waals surface area contributed by atoms with Crippen LogP contribution in [-0.4, -0.2) is 20.6 Å². The number of benzene rings is 1. The summed E-state index contributed by atoms with van der Waals surface area (Å²) >= 11 is 3.18. The lowest BCUT2D eigenvalue weighted by molar-refractivity contribution is 0.243. The van der Waals surface area contributed by atoms with E-state index in [0.717, 1.165) is 0 Å². The zero-order valence-corrected chi connectivity index (χ0v) is 15.3. The van der Waals surface area contributed by atoms with Crippen LogP contribution in [0.4, 0.5) is 14.9 Å². The van der Waals surface area contributed by atoms with Crippen molar-refractivity contribution < 1.29 is 9.18 Å².